The Labute approximate surface area is 242 Å². The maximum absolute atomic E-state index is 11.8. The second-order valence-electron chi connectivity index (χ2n) is 8.21. The van der Waals surface area contributed by atoms with Gasteiger partial charge in [0.1, 0.15) is 0 Å². The number of anilines is 1. The fourth-order valence-electron chi connectivity index (χ4n) is 2.91. The summed E-state index contributed by atoms with van der Waals surface area (Å²) in [5.74, 6) is 7.12. The molecule has 0 aromatic carbocycles. The van der Waals surface area contributed by atoms with Crippen LogP contribution in [0, 0.1) is 11.8 Å². The number of hydrogen-bond acceptors (Lipinski definition) is 7. The van der Waals surface area contributed by atoms with Crippen molar-refractivity contribution in [2.75, 3.05) is 52.3 Å². The van der Waals surface area contributed by atoms with Crippen LogP contribution in [0.1, 0.15) is 54.9 Å². The first kappa shape index (κ1) is 38.4. The predicted octanol–water partition coefficient (Wildman–Crippen LogP) is 5.26. The third-order valence-corrected chi connectivity index (χ3v) is 5.08. The minimum absolute atomic E-state index is 0.0936. The summed E-state index contributed by atoms with van der Waals surface area (Å²) in [7, 11) is 7.26. The molecule has 4 rings (SSSR count). The number of nitrogens with one attached hydrogen (secondary N) is 2. The van der Waals surface area contributed by atoms with Crippen LogP contribution in [0.5, 0.6) is 0 Å². The number of rotatable bonds is 3. The molecule has 2 aliphatic rings. The average molecular weight is 556 g/mol. The fraction of sp³-hybridized carbons (Fsp3) is 0.516. The van der Waals surface area contributed by atoms with Gasteiger partial charge in [0.15, 0.2) is 11.2 Å². The lowest BCUT2D eigenvalue weighted by Crippen LogP contribution is -2.44. The summed E-state index contributed by atoms with van der Waals surface area (Å²) in [5, 5.41) is 3.27. The maximum Gasteiger partial charge on any atom is 0.279 e. The number of aromatic amines is 1. The molecule has 2 aromatic rings. The largest absolute Gasteiger partial charge is 0.501 e. The van der Waals surface area contributed by atoms with Gasteiger partial charge in [-0.1, -0.05) is 58.1 Å². The van der Waals surface area contributed by atoms with E-state index in [4.69, 9.17) is 4.74 Å². The predicted molar refractivity (Wildman–Crippen MR) is 173 cm³/mol. The van der Waals surface area contributed by atoms with Gasteiger partial charge in [-0.2, -0.15) is 4.98 Å². The van der Waals surface area contributed by atoms with Gasteiger partial charge in [-0.15, -0.1) is 11.8 Å². The zero-order chi connectivity index (χ0) is 30.9. The maximum atomic E-state index is 11.8. The second-order valence-corrected chi connectivity index (χ2v) is 8.21. The van der Waals surface area contributed by atoms with Gasteiger partial charge >= 0.3 is 0 Å². The molecule has 1 aliphatic heterocycles. The Kier molecular flexibility index (Phi) is 23.3. The van der Waals surface area contributed by atoms with Crippen molar-refractivity contribution in [1.82, 2.24) is 29.7 Å². The highest BCUT2D eigenvalue weighted by Crippen LogP contribution is 2.14. The summed E-state index contributed by atoms with van der Waals surface area (Å²) in [4.78, 5) is 27.4. The number of hydrogen-bond donors (Lipinski definition) is 2. The molecule has 9 nitrogen and oxygen atoms in total. The first-order chi connectivity index (χ1) is 19.3. The molecule has 1 fully saturated rings. The van der Waals surface area contributed by atoms with Crippen LogP contribution in [0.25, 0.3) is 11.2 Å². The number of methoxy groups -OCH3 is 1. The van der Waals surface area contributed by atoms with Crippen LogP contribution in [0.15, 0.2) is 59.5 Å². The summed E-state index contributed by atoms with van der Waals surface area (Å²) in [6, 6.07) is 0. The van der Waals surface area contributed by atoms with Crippen molar-refractivity contribution in [2.45, 2.75) is 54.9 Å². The van der Waals surface area contributed by atoms with Crippen LogP contribution in [0.2, 0.25) is 0 Å². The zero-order valence-electron chi connectivity index (χ0n) is 26.8. The van der Waals surface area contributed by atoms with Gasteiger partial charge in [-0.25, -0.2) is 4.98 Å². The molecule has 0 unspecified atom stereocenters. The van der Waals surface area contributed by atoms with E-state index in [0.29, 0.717) is 11.2 Å². The van der Waals surface area contributed by atoms with E-state index in [2.05, 4.69) is 56.6 Å². The lowest BCUT2D eigenvalue weighted by Gasteiger charge is -2.26. The third kappa shape index (κ3) is 15.6. The number of nitrogens with zero attached hydrogens (tertiary/aromatic N) is 5. The van der Waals surface area contributed by atoms with Crippen molar-refractivity contribution < 1.29 is 4.74 Å². The zero-order valence-corrected chi connectivity index (χ0v) is 26.8. The Morgan fingerprint density at radius 1 is 1.07 bits per heavy atom. The smallest absolute Gasteiger partial charge is 0.279 e. The summed E-state index contributed by atoms with van der Waals surface area (Å²) in [6.07, 6.45) is 12.3. The van der Waals surface area contributed by atoms with E-state index in [1.807, 2.05) is 78.8 Å². The topological polar surface area (TPSA) is 91.3 Å². The fourth-order valence-corrected chi connectivity index (χ4v) is 2.91. The highest BCUT2D eigenvalue weighted by Gasteiger charge is 2.16. The SMILES string of the molecule is C=CN(C)C.CC.CC.CC#CC.COC1=CC=CC=C(C)C1.Cn1cnc2nc(N3CCNCC3)[nH]c2c1=O. The number of H-pyrrole nitrogens is 1. The molecule has 0 atom stereocenters. The Hall–Kier alpha value is -3.77. The number of aryl methyl sites for hydroxylation is 1. The van der Waals surface area contributed by atoms with Crippen molar-refractivity contribution in [3.05, 3.63) is 65.1 Å². The number of piperazine rings is 1. The molecule has 1 aliphatic carbocycles. The summed E-state index contributed by atoms with van der Waals surface area (Å²) in [6.45, 7) is 20.9. The monoisotopic (exact) mass is 555 g/mol. The van der Waals surface area contributed by atoms with Gasteiger partial charge in [-0.3, -0.25) is 4.79 Å². The Bertz CT molecular complexity index is 1150. The standard InChI is InChI=1S/C10H14N6O.C9H12O.C4H9N.C4H6.2C2H6/c1-15-6-12-8-7(9(15)17)13-10(14-8)16-4-2-11-3-5-16;1-8-5-3-4-6-9(7-8)10-2;1-4-5(2)3;1-3-4-2;2*1-2/h6,11H,2-5H2,1H3,(H,13,14);3-6H,7H2,1-2H3;4H,1H2,2-3H3;1-2H3;2*1-2H3. The molecule has 1 saturated heterocycles. The molecular formula is C31H53N7O2. The summed E-state index contributed by atoms with van der Waals surface area (Å²) in [5.41, 5.74) is 2.20. The van der Waals surface area contributed by atoms with E-state index < -0.39 is 0 Å². The van der Waals surface area contributed by atoms with E-state index >= 15 is 0 Å². The molecule has 0 saturated carbocycles. The number of aromatic nitrogens is 4. The van der Waals surface area contributed by atoms with Gasteiger partial charge in [0.05, 0.1) is 19.2 Å². The molecule has 224 valence electrons. The molecule has 0 spiro atoms. The summed E-state index contributed by atoms with van der Waals surface area (Å²) < 4.78 is 6.56. The highest BCUT2D eigenvalue weighted by molar-refractivity contribution is 5.72. The molecule has 0 radical (unpaired) electrons. The molecule has 2 N–H and O–H groups in total. The molecule has 9 heteroatoms. The van der Waals surface area contributed by atoms with Gasteiger partial charge in [0, 0.05) is 53.7 Å². The van der Waals surface area contributed by atoms with Crippen molar-refractivity contribution in [1.29, 1.82) is 0 Å². The Balaban J connectivity index is 0. The molecule has 40 heavy (non-hydrogen) atoms. The first-order valence-corrected chi connectivity index (χ1v) is 13.8. The molecule has 0 amide bonds. The van der Waals surface area contributed by atoms with Crippen LogP contribution < -0.4 is 15.8 Å². The van der Waals surface area contributed by atoms with Crippen LogP contribution in [-0.2, 0) is 11.8 Å². The molecule has 2 aromatic heterocycles. The van der Waals surface area contributed by atoms with Crippen LogP contribution >= 0.6 is 0 Å². The number of allylic oxidation sites excluding steroid dienone is 5. The highest BCUT2D eigenvalue weighted by atomic mass is 16.5. The van der Waals surface area contributed by atoms with Crippen LogP contribution in [0.4, 0.5) is 5.95 Å². The number of imidazole rings is 1. The van der Waals surface area contributed by atoms with E-state index in [0.717, 1.165) is 44.3 Å². The van der Waals surface area contributed by atoms with Gasteiger partial charge < -0.3 is 29.4 Å². The summed E-state index contributed by atoms with van der Waals surface area (Å²) >= 11 is 0. The molecule has 3 heterocycles. The average Bonchev–Trinajstić information content (AvgIpc) is 3.33. The van der Waals surface area contributed by atoms with Crippen molar-refractivity contribution in [3.63, 3.8) is 0 Å². The minimum atomic E-state index is -0.0936. The van der Waals surface area contributed by atoms with Crippen molar-refractivity contribution in [2.24, 2.45) is 7.05 Å². The molecule has 0 bridgehead atoms. The quantitative estimate of drug-likeness (QED) is 0.499. The van der Waals surface area contributed by atoms with Crippen molar-refractivity contribution in [3.8, 4) is 11.8 Å². The Morgan fingerprint density at radius 2 is 1.62 bits per heavy atom. The number of fused-ring (bicyclic) bond motifs is 1. The van der Waals surface area contributed by atoms with Gasteiger partial charge in [0.25, 0.3) is 5.56 Å². The first-order valence-electron chi connectivity index (χ1n) is 13.8. The lowest BCUT2D eigenvalue weighted by atomic mass is 10.2. The van der Waals surface area contributed by atoms with Gasteiger partial charge in [0.2, 0.25) is 5.95 Å². The van der Waals surface area contributed by atoms with Crippen molar-refractivity contribution >= 4 is 17.1 Å². The molecular weight excluding hydrogens is 502 g/mol. The normalized spacial score (nSPS) is 12.9. The third-order valence-electron chi connectivity index (χ3n) is 5.08. The second kappa shape index (κ2) is 24.3. The van der Waals surface area contributed by atoms with E-state index in [9.17, 15) is 4.79 Å². The minimum Gasteiger partial charge on any atom is -0.501 e. The van der Waals surface area contributed by atoms with E-state index in [1.165, 1.54) is 16.5 Å². The number of ether oxygens (including phenoxy) is 1. The van der Waals surface area contributed by atoms with Crippen LogP contribution in [0.3, 0.4) is 0 Å². The van der Waals surface area contributed by atoms with E-state index in [1.54, 1.807) is 20.4 Å². The lowest BCUT2D eigenvalue weighted by molar-refractivity contribution is 0.283. The van der Waals surface area contributed by atoms with Gasteiger partial charge in [-0.05, 0) is 33.0 Å². The van der Waals surface area contributed by atoms with E-state index in [-0.39, 0.29) is 5.56 Å². The van der Waals surface area contributed by atoms with Crippen LogP contribution in [-0.4, -0.2) is 71.8 Å². The Morgan fingerprint density at radius 3 is 2.12 bits per heavy atom.